The lowest BCUT2D eigenvalue weighted by Gasteiger charge is -2.23. The normalized spacial score (nSPS) is 17.2. The van der Waals surface area contributed by atoms with Crippen molar-refractivity contribution >= 4 is 23.5 Å². The summed E-state index contributed by atoms with van der Waals surface area (Å²) in [6.07, 6.45) is -0.606. The molecule has 1 aromatic rings. The van der Waals surface area contributed by atoms with Gasteiger partial charge >= 0.3 is 0 Å². The van der Waals surface area contributed by atoms with Crippen LogP contribution in [-0.2, 0) is 4.79 Å². The Kier molecular flexibility index (Phi) is 2.88. The predicted octanol–water partition coefficient (Wildman–Crippen LogP) is -0.180. The van der Waals surface area contributed by atoms with Crippen LogP contribution in [0.1, 0.15) is 17.3 Å². The van der Waals surface area contributed by atoms with Gasteiger partial charge in [0.2, 0.25) is 0 Å². The molecule has 0 spiro atoms. The van der Waals surface area contributed by atoms with Crippen LogP contribution in [0.5, 0.6) is 5.75 Å². The topological polar surface area (TPSA) is 120 Å². The van der Waals surface area contributed by atoms with E-state index in [-0.39, 0.29) is 17.4 Å². The fourth-order valence-corrected chi connectivity index (χ4v) is 1.52. The molecule has 2 rings (SSSR count). The van der Waals surface area contributed by atoms with Gasteiger partial charge in [0.1, 0.15) is 5.75 Å². The van der Waals surface area contributed by atoms with Crippen LogP contribution in [0.4, 0.5) is 5.69 Å². The minimum absolute atomic E-state index is 0.231. The number of nitrogens with one attached hydrogen (secondary N) is 1. The van der Waals surface area contributed by atoms with E-state index in [1.54, 1.807) is 13.0 Å². The van der Waals surface area contributed by atoms with Crippen molar-refractivity contribution < 1.29 is 14.3 Å². The lowest BCUT2D eigenvalue weighted by molar-refractivity contribution is -0.122. The first-order valence-electron chi connectivity index (χ1n) is 5.23. The van der Waals surface area contributed by atoms with Crippen molar-refractivity contribution in [3.63, 3.8) is 0 Å². The third-order valence-corrected chi connectivity index (χ3v) is 2.39. The molecule has 1 aliphatic rings. The van der Waals surface area contributed by atoms with E-state index in [4.69, 9.17) is 16.2 Å². The largest absolute Gasteiger partial charge is 0.479 e. The summed E-state index contributed by atoms with van der Waals surface area (Å²) < 4.78 is 5.36. The maximum absolute atomic E-state index is 11.6. The van der Waals surface area contributed by atoms with E-state index in [0.717, 1.165) is 0 Å². The van der Waals surface area contributed by atoms with Gasteiger partial charge in [0.25, 0.3) is 11.8 Å². The standard InChI is InChI=1S/C11H12N4O3/c1-5-9(16)14-7-3-2-6(4-8(7)18-5)10(17)15-11(12)13/h2-5H,1H3,(H,14,16)(H4,12,13,15,17). The van der Waals surface area contributed by atoms with Gasteiger partial charge in [-0.3, -0.25) is 9.59 Å². The molecule has 0 bridgehead atoms. The Bertz CT molecular complexity index is 549. The highest BCUT2D eigenvalue weighted by molar-refractivity contribution is 6.03. The summed E-state index contributed by atoms with van der Waals surface area (Å²) in [6, 6.07) is 4.56. The molecule has 1 heterocycles. The second-order valence-electron chi connectivity index (χ2n) is 3.80. The van der Waals surface area contributed by atoms with Crippen LogP contribution in [0, 0.1) is 0 Å². The summed E-state index contributed by atoms with van der Waals surface area (Å²) in [6.45, 7) is 1.61. The molecule has 0 saturated carbocycles. The third kappa shape index (κ3) is 2.24. The number of ether oxygens (including phenoxy) is 1. The van der Waals surface area contributed by atoms with Crippen molar-refractivity contribution in [1.29, 1.82) is 0 Å². The summed E-state index contributed by atoms with van der Waals surface area (Å²) in [5.74, 6) is -0.684. The third-order valence-electron chi connectivity index (χ3n) is 2.39. The maximum atomic E-state index is 11.6. The summed E-state index contributed by atoms with van der Waals surface area (Å²) in [5, 5.41) is 2.66. The summed E-state index contributed by atoms with van der Waals surface area (Å²) in [5.41, 5.74) is 11.1. The van der Waals surface area contributed by atoms with E-state index < -0.39 is 12.0 Å². The minimum Gasteiger partial charge on any atom is -0.479 e. The smallest absolute Gasteiger partial charge is 0.280 e. The minimum atomic E-state index is -0.606. The average molecular weight is 248 g/mol. The quantitative estimate of drug-likeness (QED) is 0.470. The zero-order valence-electron chi connectivity index (χ0n) is 9.64. The van der Waals surface area contributed by atoms with E-state index in [1.165, 1.54) is 12.1 Å². The van der Waals surface area contributed by atoms with Gasteiger partial charge in [-0.25, -0.2) is 0 Å². The first-order valence-corrected chi connectivity index (χ1v) is 5.23. The molecule has 1 aromatic carbocycles. The number of hydrogen-bond acceptors (Lipinski definition) is 3. The number of hydrogen-bond donors (Lipinski definition) is 3. The maximum Gasteiger partial charge on any atom is 0.280 e. The Morgan fingerprint density at radius 2 is 2.17 bits per heavy atom. The van der Waals surface area contributed by atoms with Crippen LogP contribution in [0.2, 0.25) is 0 Å². The van der Waals surface area contributed by atoms with Gasteiger partial charge in [-0.2, -0.15) is 4.99 Å². The number of benzene rings is 1. The number of carbonyl (C=O) groups excluding carboxylic acids is 2. The van der Waals surface area contributed by atoms with Crippen LogP contribution in [-0.4, -0.2) is 23.9 Å². The Labute approximate surface area is 103 Å². The number of carbonyl (C=O) groups is 2. The molecule has 0 aliphatic carbocycles. The van der Waals surface area contributed by atoms with E-state index in [0.29, 0.717) is 11.4 Å². The Morgan fingerprint density at radius 3 is 2.83 bits per heavy atom. The van der Waals surface area contributed by atoms with Gasteiger partial charge in [0.15, 0.2) is 12.1 Å². The van der Waals surface area contributed by atoms with Gasteiger partial charge in [-0.1, -0.05) is 0 Å². The first-order chi connectivity index (χ1) is 8.47. The Balaban J connectivity index is 2.33. The van der Waals surface area contributed by atoms with Gasteiger partial charge in [0, 0.05) is 5.56 Å². The van der Waals surface area contributed by atoms with Crippen molar-refractivity contribution in [3.8, 4) is 5.75 Å². The van der Waals surface area contributed by atoms with Gasteiger partial charge < -0.3 is 21.5 Å². The molecule has 2 amide bonds. The number of guanidine groups is 1. The Hall–Kier alpha value is -2.57. The van der Waals surface area contributed by atoms with Gasteiger partial charge in [-0.15, -0.1) is 0 Å². The van der Waals surface area contributed by atoms with Crippen molar-refractivity contribution in [2.24, 2.45) is 16.5 Å². The van der Waals surface area contributed by atoms with Crippen LogP contribution in [0.3, 0.4) is 0 Å². The number of nitrogens with two attached hydrogens (primary N) is 2. The average Bonchev–Trinajstić information content (AvgIpc) is 2.29. The van der Waals surface area contributed by atoms with E-state index in [9.17, 15) is 9.59 Å². The van der Waals surface area contributed by atoms with Crippen molar-refractivity contribution in [2.45, 2.75) is 13.0 Å². The van der Waals surface area contributed by atoms with E-state index in [1.807, 2.05) is 0 Å². The van der Waals surface area contributed by atoms with Gasteiger partial charge in [-0.05, 0) is 25.1 Å². The molecule has 7 heteroatoms. The van der Waals surface area contributed by atoms with Crippen LogP contribution in [0.25, 0.3) is 0 Å². The molecule has 0 aromatic heterocycles. The van der Waals surface area contributed by atoms with Crippen molar-refractivity contribution in [2.75, 3.05) is 5.32 Å². The predicted molar refractivity (Wildman–Crippen MR) is 65.3 cm³/mol. The van der Waals surface area contributed by atoms with E-state index in [2.05, 4.69) is 10.3 Å². The molecule has 5 N–H and O–H groups in total. The van der Waals surface area contributed by atoms with Crippen LogP contribution < -0.4 is 21.5 Å². The molecule has 1 atom stereocenters. The molecule has 94 valence electrons. The number of rotatable bonds is 1. The lowest BCUT2D eigenvalue weighted by atomic mass is 10.1. The number of fused-ring (bicyclic) bond motifs is 1. The highest BCUT2D eigenvalue weighted by Gasteiger charge is 2.24. The summed E-state index contributed by atoms with van der Waals surface area (Å²) in [7, 11) is 0. The molecule has 0 saturated heterocycles. The first kappa shape index (κ1) is 11.9. The SMILES string of the molecule is CC1Oc2cc(C(=O)N=C(N)N)ccc2NC1=O. The van der Waals surface area contributed by atoms with Crippen molar-refractivity contribution in [1.82, 2.24) is 0 Å². The fourth-order valence-electron chi connectivity index (χ4n) is 1.52. The second-order valence-corrected chi connectivity index (χ2v) is 3.80. The molecular weight excluding hydrogens is 236 g/mol. The molecule has 1 unspecified atom stereocenters. The van der Waals surface area contributed by atoms with Crippen molar-refractivity contribution in [3.05, 3.63) is 23.8 Å². The summed E-state index contributed by atoms with van der Waals surface area (Å²) in [4.78, 5) is 26.4. The highest BCUT2D eigenvalue weighted by atomic mass is 16.5. The highest BCUT2D eigenvalue weighted by Crippen LogP contribution is 2.30. The van der Waals surface area contributed by atoms with Crippen LogP contribution in [0.15, 0.2) is 23.2 Å². The molecular formula is C11H12N4O3. The lowest BCUT2D eigenvalue weighted by Crippen LogP contribution is -2.34. The van der Waals surface area contributed by atoms with Crippen LogP contribution >= 0.6 is 0 Å². The zero-order chi connectivity index (χ0) is 13.3. The summed E-state index contributed by atoms with van der Waals surface area (Å²) >= 11 is 0. The molecule has 0 radical (unpaired) electrons. The number of aliphatic imine (C=N–C) groups is 1. The molecule has 7 nitrogen and oxygen atoms in total. The monoisotopic (exact) mass is 248 g/mol. The van der Waals surface area contributed by atoms with Gasteiger partial charge in [0.05, 0.1) is 5.69 Å². The fraction of sp³-hybridized carbons (Fsp3) is 0.182. The zero-order valence-corrected chi connectivity index (χ0v) is 9.64. The molecule has 0 fully saturated rings. The Morgan fingerprint density at radius 1 is 1.44 bits per heavy atom. The molecule has 18 heavy (non-hydrogen) atoms. The number of amides is 2. The van der Waals surface area contributed by atoms with E-state index >= 15 is 0 Å². The number of nitrogens with zero attached hydrogens (tertiary/aromatic N) is 1. The molecule has 1 aliphatic heterocycles. The number of anilines is 1. The second kappa shape index (κ2) is 4.36.